The molecule has 37 heavy (non-hydrogen) atoms. The van der Waals surface area contributed by atoms with Gasteiger partial charge in [-0.15, -0.1) is 11.3 Å². The Morgan fingerprint density at radius 1 is 1.14 bits per heavy atom. The van der Waals surface area contributed by atoms with E-state index in [1.54, 1.807) is 30.7 Å². The summed E-state index contributed by atoms with van der Waals surface area (Å²) in [7, 11) is 0. The van der Waals surface area contributed by atoms with Crippen LogP contribution >= 0.6 is 23.1 Å². The lowest BCUT2D eigenvalue weighted by Crippen LogP contribution is -2.14. The van der Waals surface area contributed by atoms with E-state index < -0.39 is 4.92 Å². The van der Waals surface area contributed by atoms with Gasteiger partial charge in [0.05, 0.1) is 10.5 Å². The maximum atomic E-state index is 13.4. The van der Waals surface area contributed by atoms with Gasteiger partial charge in [0.15, 0.2) is 5.16 Å². The first-order valence-electron chi connectivity index (χ1n) is 11.8. The number of fused-ring (bicyclic) bond motifs is 1. The molecule has 1 N–H and O–H groups in total. The number of nitrogens with zero attached hydrogens (tertiary/aromatic N) is 4. The third kappa shape index (κ3) is 5.76. The molecule has 0 aliphatic heterocycles. The highest BCUT2D eigenvalue weighted by Gasteiger charge is 2.25. The van der Waals surface area contributed by atoms with E-state index in [1.807, 2.05) is 31.2 Å². The fraction of sp³-hybridized carbons (Fsp3) is 0.185. The minimum Gasteiger partial charge on any atom is -0.322 e. The number of thiophene rings is 1. The number of non-ortho nitro benzene ring substituents is 1. The predicted octanol–water partition coefficient (Wildman–Crippen LogP) is 6.79. The van der Waals surface area contributed by atoms with Crippen LogP contribution in [0.5, 0.6) is 0 Å². The van der Waals surface area contributed by atoms with Gasteiger partial charge in [0, 0.05) is 51.8 Å². The minimum atomic E-state index is -0.435. The molecule has 0 unspecified atom stereocenters. The highest BCUT2D eigenvalue weighted by molar-refractivity contribution is 7.99. The number of nitro benzene ring substituents is 1. The Morgan fingerprint density at radius 2 is 1.89 bits per heavy atom. The number of hydrogen-bond acceptors (Lipinski definition) is 8. The molecule has 2 aromatic heterocycles. The summed E-state index contributed by atoms with van der Waals surface area (Å²) in [6.07, 6.45) is 8.75. The second-order valence-electron chi connectivity index (χ2n) is 8.58. The number of nitrogens with one attached hydrogen (secondary N) is 1. The van der Waals surface area contributed by atoms with Gasteiger partial charge < -0.3 is 5.32 Å². The molecule has 1 aliphatic rings. The zero-order valence-electron chi connectivity index (χ0n) is 20.0. The maximum absolute atomic E-state index is 13.4. The van der Waals surface area contributed by atoms with E-state index in [2.05, 4.69) is 15.3 Å². The van der Waals surface area contributed by atoms with Gasteiger partial charge in [-0.3, -0.25) is 14.9 Å². The molecule has 0 spiro atoms. The molecule has 0 fully saturated rings. The average molecular weight is 530 g/mol. The number of anilines is 1. The Labute approximate surface area is 222 Å². The van der Waals surface area contributed by atoms with E-state index in [0.29, 0.717) is 21.3 Å². The lowest BCUT2D eigenvalue weighted by molar-refractivity contribution is -0.384. The second kappa shape index (κ2) is 11.0. The van der Waals surface area contributed by atoms with Crippen molar-refractivity contribution in [3.63, 3.8) is 0 Å². The molecular formula is C27H23N5O3S2. The van der Waals surface area contributed by atoms with Crippen molar-refractivity contribution in [3.05, 3.63) is 98.2 Å². The first-order chi connectivity index (χ1) is 18.0. The molecular weight excluding hydrogens is 506 g/mol. The van der Waals surface area contributed by atoms with Gasteiger partial charge in [-0.05, 0) is 74.2 Å². The largest absolute Gasteiger partial charge is 0.322 e. The van der Waals surface area contributed by atoms with Crippen molar-refractivity contribution in [1.29, 1.82) is 0 Å². The van der Waals surface area contributed by atoms with Gasteiger partial charge in [0.25, 0.3) is 11.6 Å². The van der Waals surface area contributed by atoms with Crippen molar-refractivity contribution in [2.75, 3.05) is 5.32 Å². The Balaban J connectivity index is 1.51. The third-order valence-electron chi connectivity index (χ3n) is 5.96. The molecule has 1 amide bonds. The predicted molar refractivity (Wildman–Crippen MR) is 147 cm³/mol. The van der Waals surface area contributed by atoms with Crippen molar-refractivity contribution in [2.45, 2.75) is 42.7 Å². The van der Waals surface area contributed by atoms with Crippen LogP contribution < -0.4 is 5.32 Å². The number of rotatable bonds is 7. The molecule has 8 nitrogen and oxygen atoms in total. The third-order valence-corrected chi connectivity index (χ3v) is 8.14. The lowest BCUT2D eigenvalue weighted by Gasteiger charge is -2.13. The molecule has 186 valence electrons. The summed E-state index contributed by atoms with van der Waals surface area (Å²) in [5, 5.41) is 15.6. The van der Waals surface area contributed by atoms with Crippen molar-refractivity contribution in [2.24, 2.45) is 4.99 Å². The first-order valence-corrected chi connectivity index (χ1v) is 13.4. The first kappa shape index (κ1) is 24.8. The Bertz CT molecular complexity index is 1480. The Hall–Kier alpha value is -3.89. The van der Waals surface area contributed by atoms with Gasteiger partial charge in [0.2, 0.25) is 0 Å². The highest BCUT2D eigenvalue weighted by Crippen LogP contribution is 2.40. The normalized spacial score (nSPS) is 12.9. The van der Waals surface area contributed by atoms with E-state index in [-0.39, 0.29) is 11.6 Å². The van der Waals surface area contributed by atoms with Crippen LogP contribution in [-0.4, -0.2) is 27.0 Å². The van der Waals surface area contributed by atoms with Crippen LogP contribution in [0, 0.1) is 17.0 Å². The summed E-state index contributed by atoms with van der Waals surface area (Å²) in [6.45, 7) is 2.00. The molecule has 0 saturated carbocycles. The maximum Gasteiger partial charge on any atom is 0.270 e. The average Bonchev–Trinajstić information content (AvgIpc) is 3.28. The van der Waals surface area contributed by atoms with E-state index >= 15 is 0 Å². The van der Waals surface area contributed by atoms with E-state index in [0.717, 1.165) is 47.4 Å². The number of nitro groups is 1. The van der Waals surface area contributed by atoms with Crippen molar-refractivity contribution >= 4 is 51.6 Å². The van der Waals surface area contributed by atoms with Gasteiger partial charge in [0.1, 0.15) is 5.00 Å². The van der Waals surface area contributed by atoms with Crippen LogP contribution in [0.25, 0.3) is 0 Å². The smallest absolute Gasteiger partial charge is 0.270 e. The number of benzene rings is 2. The van der Waals surface area contributed by atoms with Crippen LogP contribution in [0.1, 0.15) is 44.8 Å². The SMILES string of the molecule is Cc1ccc(NC(=O)c2c(N=Cc3cc([N+](=O)[O-])ccc3Sc3ncccn3)sc3c2CCCC3)cc1. The molecule has 4 aromatic rings. The van der Waals surface area contributed by atoms with Crippen LogP contribution in [0.2, 0.25) is 0 Å². The molecule has 0 radical (unpaired) electrons. The number of hydrogen-bond donors (Lipinski definition) is 1. The molecule has 2 heterocycles. The van der Waals surface area contributed by atoms with Crippen LogP contribution in [-0.2, 0) is 12.8 Å². The molecule has 2 aromatic carbocycles. The van der Waals surface area contributed by atoms with Crippen molar-refractivity contribution < 1.29 is 9.72 Å². The molecule has 10 heteroatoms. The highest BCUT2D eigenvalue weighted by atomic mass is 32.2. The van der Waals surface area contributed by atoms with Crippen molar-refractivity contribution in [3.8, 4) is 0 Å². The summed E-state index contributed by atoms with van der Waals surface area (Å²) in [4.78, 5) is 39.5. The Morgan fingerprint density at radius 3 is 2.65 bits per heavy atom. The Kier molecular flexibility index (Phi) is 7.38. The number of amides is 1. The fourth-order valence-corrected chi connectivity index (χ4v) is 6.13. The zero-order valence-corrected chi connectivity index (χ0v) is 21.6. The van der Waals surface area contributed by atoms with Gasteiger partial charge in [-0.2, -0.15) is 0 Å². The molecule has 1 aliphatic carbocycles. The summed E-state index contributed by atoms with van der Waals surface area (Å²) in [5.74, 6) is -0.193. The summed E-state index contributed by atoms with van der Waals surface area (Å²) < 4.78 is 0. The summed E-state index contributed by atoms with van der Waals surface area (Å²) in [5.41, 5.74) is 4.00. The molecule has 5 rings (SSSR count). The van der Waals surface area contributed by atoms with Crippen LogP contribution in [0.4, 0.5) is 16.4 Å². The lowest BCUT2D eigenvalue weighted by atomic mass is 9.95. The van der Waals surface area contributed by atoms with Gasteiger partial charge in [-0.25, -0.2) is 15.0 Å². The quantitative estimate of drug-likeness (QED) is 0.122. The monoisotopic (exact) mass is 529 g/mol. The summed E-state index contributed by atoms with van der Waals surface area (Å²) in [6, 6.07) is 14.0. The molecule has 0 bridgehead atoms. The summed E-state index contributed by atoms with van der Waals surface area (Å²) >= 11 is 2.82. The van der Waals surface area contributed by atoms with Gasteiger partial charge >= 0.3 is 0 Å². The topological polar surface area (TPSA) is 110 Å². The van der Waals surface area contributed by atoms with Gasteiger partial charge in [-0.1, -0.05) is 17.7 Å². The van der Waals surface area contributed by atoms with Crippen LogP contribution in [0.3, 0.4) is 0 Å². The number of aliphatic imine (C=N–C) groups is 1. The van der Waals surface area contributed by atoms with E-state index in [9.17, 15) is 14.9 Å². The zero-order chi connectivity index (χ0) is 25.8. The molecule has 0 atom stereocenters. The van der Waals surface area contributed by atoms with E-state index in [4.69, 9.17) is 4.99 Å². The number of carbonyl (C=O) groups excluding carboxylic acids is 1. The fourth-order valence-electron chi connectivity index (χ4n) is 4.11. The number of carbonyl (C=O) groups is 1. The van der Waals surface area contributed by atoms with E-state index in [1.165, 1.54) is 40.1 Å². The minimum absolute atomic E-state index is 0.0393. The number of aryl methyl sites for hydroxylation is 2. The van der Waals surface area contributed by atoms with Crippen molar-refractivity contribution in [1.82, 2.24) is 9.97 Å². The second-order valence-corrected chi connectivity index (χ2v) is 10.7. The standard InChI is InChI=1S/C27H23N5O3S2/c1-17-7-9-19(10-8-17)31-25(33)24-21-5-2-3-6-23(21)36-26(24)30-16-18-15-20(32(34)35)11-12-22(18)37-27-28-13-4-14-29-27/h4,7-16H,2-3,5-6H2,1H3,(H,31,33). The number of aromatic nitrogens is 2. The molecule has 0 saturated heterocycles. The van der Waals surface area contributed by atoms with Crippen LogP contribution in [0.15, 0.2) is 76.0 Å².